The molecule has 5 nitrogen and oxygen atoms in total. The molecule has 0 bridgehead atoms. The molecule has 26 heavy (non-hydrogen) atoms. The van der Waals surface area contributed by atoms with Gasteiger partial charge in [-0.1, -0.05) is 30.1 Å². The zero-order valence-corrected chi connectivity index (χ0v) is 16.4. The summed E-state index contributed by atoms with van der Waals surface area (Å²) in [6.45, 7) is 5.97. The van der Waals surface area contributed by atoms with E-state index in [-0.39, 0.29) is 5.91 Å². The van der Waals surface area contributed by atoms with Gasteiger partial charge in [0.05, 0.1) is 22.8 Å². The van der Waals surface area contributed by atoms with E-state index >= 15 is 0 Å². The molecule has 0 unspecified atom stereocenters. The molecule has 1 fully saturated rings. The number of carbonyl (C=O) groups excluding carboxylic acids is 1. The highest BCUT2D eigenvalue weighted by atomic mass is 32.2. The molecule has 2 heterocycles. The second-order valence-corrected chi connectivity index (χ2v) is 7.75. The minimum atomic E-state index is 0.0315. The fourth-order valence-electron chi connectivity index (χ4n) is 3.31. The molecule has 0 atom stereocenters. The maximum atomic E-state index is 12.4. The number of nitrogens with one attached hydrogen (secondary N) is 1. The minimum Gasteiger partial charge on any atom is -0.370 e. The van der Waals surface area contributed by atoms with Gasteiger partial charge < -0.3 is 14.7 Å². The van der Waals surface area contributed by atoms with Crippen LogP contribution in [0.1, 0.15) is 42.7 Å². The monoisotopic (exact) mass is 373 g/mol. The number of nitrogens with zero attached hydrogens (tertiary/aromatic N) is 2. The normalized spacial score (nSPS) is 14.9. The van der Waals surface area contributed by atoms with Crippen LogP contribution in [0, 0.1) is 13.8 Å². The van der Waals surface area contributed by atoms with Crippen molar-refractivity contribution in [2.45, 2.75) is 45.3 Å². The lowest BCUT2D eigenvalue weighted by molar-refractivity contribution is -0.113. The molecule has 1 aliphatic heterocycles. The molecular weight excluding hydrogens is 346 g/mol. The van der Waals surface area contributed by atoms with Crippen LogP contribution in [0.5, 0.6) is 0 Å². The number of hydrogen-bond acceptors (Lipinski definition) is 5. The highest BCUT2D eigenvalue weighted by Gasteiger charge is 2.15. The largest absolute Gasteiger partial charge is 0.370 e. The summed E-state index contributed by atoms with van der Waals surface area (Å²) in [5.41, 5.74) is 4.05. The Morgan fingerprint density at radius 2 is 1.92 bits per heavy atom. The summed E-state index contributed by atoms with van der Waals surface area (Å²) >= 11 is 1.59. The number of para-hydroxylation sites is 2. The van der Waals surface area contributed by atoms with Gasteiger partial charge in [0.25, 0.3) is 0 Å². The maximum absolute atomic E-state index is 12.4. The molecule has 1 saturated heterocycles. The van der Waals surface area contributed by atoms with Crippen LogP contribution >= 0.6 is 11.8 Å². The number of aromatic nitrogens is 1. The smallest absolute Gasteiger partial charge is 0.234 e. The molecular formula is C20H27N3O2S. The van der Waals surface area contributed by atoms with Crippen LogP contribution in [0.4, 0.5) is 11.4 Å². The van der Waals surface area contributed by atoms with E-state index in [0.717, 1.165) is 47.2 Å². The highest BCUT2D eigenvalue weighted by molar-refractivity contribution is 7.99. The summed E-state index contributed by atoms with van der Waals surface area (Å²) in [4.78, 5) is 14.8. The van der Waals surface area contributed by atoms with E-state index in [1.165, 1.54) is 25.7 Å². The number of benzene rings is 1. The summed E-state index contributed by atoms with van der Waals surface area (Å²) in [5.74, 6) is 2.02. The van der Waals surface area contributed by atoms with E-state index in [4.69, 9.17) is 4.52 Å². The molecule has 2 aromatic rings. The van der Waals surface area contributed by atoms with Gasteiger partial charge in [0.2, 0.25) is 5.91 Å². The molecule has 1 amide bonds. The molecule has 140 valence electrons. The van der Waals surface area contributed by atoms with Crippen molar-refractivity contribution in [1.29, 1.82) is 0 Å². The molecule has 1 N–H and O–H groups in total. The van der Waals surface area contributed by atoms with E-state index in [1.807, 2.05) is 32.0 Å². The van der Waals surface area contributed by atoms with E-state index < -0.39 is 0 Å². The van der Waals surface area contributed by atoms with Crippen LogP contribution in [-0.4, -0.2) is 29.9 Å². The van der Waals surface area contributed by atoms with Crippen LogP contribution in [0.3, 0.4) is 0 Å². The average Bonchev–Trinajstić information content (AvgIpc) is 2.83. The van der Waals surface area contributed by atoms with Crippen LogP contribution in [0.2, 0.25) is 0 Å². The van der Waals surface area contributed by atoms with Gasteiger partial charge in [-0.3, -0.25) is 4.79 Å². The third-order valence-corrected chi connectivity index (χ3v) is 5.74. The Kier molecular flexibility index (Phi) is 6.61. The zero-order chi connectivity index (χ0) is 18.4. The maximum Gasteiger partial charge on any atom is 0.234 e. The zero-order valence-electron chi connectivity index (χ0n) is 15.6. The van der Waals surface area contributed by atoms with E-state index in [1.54, 1.807) is 11.8 Å². The fourth-order valence-corrected chi connectivity index (χ4v) is 4.28. The second kappa shape index (κ2) is 9.12. The third kappa shape index (κ3) is 4.81. The lowest BCUT2D eigenvalue weighted by Gasteiger charge is -2.25. The molecule has 3 rings (SSSR count). The van der Waals surface area contributed by atoms with Gasteiger partial charge in [0, 0.05) is 24.4 Å². The van der Waals surface area contributed by atoms with Gasteiger partial charge >= 0.3 is 0 Å². The first-order valence-corrected chi connectivity index (χ1v) is 10.4. The second-order valence-electron chi connectivity index (χ2n) is 6.76. The number of aryl methyl sites for hydroxylation is 2. The van der Waals surface area contributed by atoms with Gasteiger partial charge in [-0.25, -0.2) is 0 Å². The van der Waals surface area contributed by atoms with Gasteiger partial charge in [-0.15, -0.1) is 11.8 Å². The standard InChI is InChI=1S/C20H27N3O2S/c1-15-17(16(2)25-22-15)13-26-14-20(24)21-18-9-5-6-10-19(18)23-11-7-3-4-8-12-23/h5-6,9-10H,3-4,7-8,11-14H2,1-2H3,(H,21,24). The molecule has 0 aliphatic carbocycles. The number of rotatable bonds is 6. The van der Waals surface area contributed by atoms with Crippen LogP contribution in [0.25, 0.3) is 0 Å². The Morgan fingerprint density at radius 3 is 2.62 bits per heavy atom. The van der Waals surface area contributed by atoms with Gasteiger partial charge in [0.1, 0.15) is 5.76 Å². The molecule has 1 aromatic carbocycles. The molecule has 0 spiro atoms. The van der Waals surface area contributed by atoms with Crippen LogP contribution in [-0.2, 0) is 10.5 Å². The van der Waals surface area contributed by atoms with Gasteiger partial charge in [-0.05, 0) is 38.8 Å². The SMILES string of the molecule is Cc1noc(C)c1CSCC(=O)Nc1ccccc1N1CCCCCC1. The minimum absolute atomic E-state index is 0.0315. The number of amides is 1. The first-order valence-electron chi connectivity index (χ1n) is 9.28. The van der Waals surface area contributed by atoms with Crippen molar-refractivity contribution in [2.75, 3.05) is 29.1 Å². The summed E-state index contributed by atoms with van der Waals surface area (Å²) in [6.07, 6.45) is 5.03. The van der Waals surface area contributed by atoms with Gasteiger partial charge in [0.15, 0.2) is 0 Å². The summed E-state index contributed by atoms with van der Waals surface area (Å²) < 4.78 is 5.17. The molecule has 0 radical (unpaired) electrons. The molecule has 1 aliphatic rings. The Balaban J connectivity index is 1.57. The van der Waals surface area contributed by atoms with Crippen molar-refractivity contribution in [3.05, 3.63) is 41.3 Å². The molecule has 1 aromatic heterocycles. The van der Waals surface area contributed by atoms with E-state index in [9.17, 15) is 4.79 Å². The topological polar surface area (TPSA) is 58.4 Å². The lowest BCUT2D eigenvalue weighted by Crippen LogP contribution is -2.26. The van der Waals surface area contributed by atoms with Crippen LogP contribution < -0.4 is 10.2 Å². The third-order valence-electron chi connectivity index (χ3n) is 4.79. The predicted octanol–water partition coefficient (Wildman–Crippen LogP) is 4.54. The highest BCUT2D eigenvalue weighted by Crippen LogP contribution is 2.28. The Bertz CT molecular complexity index is 717. The Morgan fingerprint density at radius 1 is 1.19 bits per heavy atom. The van der Waals surface area contributed by atoms with Crippen molar-refractivity contribution < 1.29 is 9.32 Å². The number of anilines is 2. The van der Waals surface area contributed by atoms with Crippen molar-refractivity contribution in [3.63, 3.8) is 0 Å². The number of carbonyl (C=O) groups is 1. The van der Waals surface area contributed by atoms with Crippen LogP contribution in [0.15, 0.2) is 28.8 Å². The first-order chi connectivity index (χ1) is 12.6. The average molecular weight is 374 g/mol. The van der Waals surface area contributed by atoms with Crippen molar-refractivity contribution in [3.8, 4) is 0 Å². The van der Waals surface area contributed by atoms with Crippen molar-refractivity contribution in [1.82, 2.24) is 5.16 Å². The predicted molar refractivity (Wildman–Crippen MR) is 108 cm³/mol. The Labute approximate surface area is 159 Å². The van der Waals surface area contributed by atoms with E-state index in [0.29, 0.717) is 5.75 Å². The van der Waals surface area contributed by atoms with Crippen molar-refractivity contribution in [2.24, 2.45) is 0 Å². The van der Waals surface area contributed by atoms with E-state index in [2.05, 4.69) is 21.4 Å². The summed E-state index contributed by atoms with van der Waals surface area (Å²) in [6, 6.07) is 8.13. The fraction of sp³-hybridized carbons (Fsp3) is 0.500. The number of hydrogen-bond donors (Lipinski definition) is 1. The number of thioether (sulfide) groups is 1. The quantitative estimate of drug-likeness (QED) is 0.805. The lowest BCUT2D eigenvalue weighted by atomic mass is 10.2. The van der Waals surface area contributed by atoms with Crippen molar-refractivity contribution >= 4 is 29.0 Å². The van der Waals surface area contributed by atoms with Gasteiger partial charge in [-0.2, -0.15) is 0 Å². The molecule has 0 saturated carbocycles. The molecule has 6 heteroatoms. The Hall–Kier alpha value is -1.95. The summed E-state index contributed by atoms with van der Waals surface area (Å²) in [7, 11) is 0. The first kappa shape index (κ1) is 18.8. The summed E-state index contributed by atoms with van der Waals surface area (Å²) in [5, 5.41) is 7.06.